The average molecular weight is 560 g/mol. The van der Waals surface area contributed by atoms with E-state index in [1.165, 1.54) is 0 Å². The highest BCUT2D eigenvalue weighted by Crippen LogP contribution is 2.26. The van der Waals surface area contributed by atoms with Gasteiger partial charge in [0.1, 0.15) is 17.7 Å². The molecule has 1 heterocycles. The van der Waals surface area contributed by atoms with Crippen LogP contribution in [0.1, 0.15) is 64.0 Å². The fourth-order valence-corrected chi connectivity index (χ4v) is 5.22. The highest BCUT2D eigenvalue weighted by atomic mass is 16.6. The molecule has 0 bridgehead atoms. The first-order chi connectivity index (χ1) is 18.9. The molecule has 2 atom stereocenters. The summed E-state index contributed by atoms with van der Waals surface area (Å²) in [6.07, 6.45) is 3.23. The molecule has 222 valence electrons. The number of carboxylic acid groups (broad SMARTS) is 1. The molecule has 0 unspecified atom stereocenters. The summed E-state index contributed by atoms with van der Waals surface area (Å²) in [4.78, 5) is 54.0. The number of nitrogens with zero attached hydrogens (tertiary/aromatic N) is 2. The maximum atomic E-state index is 13.4. The van der Waals surface area contributed by atoms with E-state index < -0.39 is 29.9 Å². The fraction of sp³-hybridized carbons (Fsp3) is 0.655. The Balaban J connectivity index is 1.62. The standard InChI is InChI=1S/C29H45N5O6/c1-29(2,3)40-28(39)31-23(26(36)34-16-14-33(4)15-17-34)18-20-10-12-21(13-11-20)19-30-25(35)24(32-27(37)38)22-8-6-5-7-9-22/h10-13,22-24,32H,5-9,14-19H2,1-4H3,(H,30,35)(H,31,39)(H,37,38)/t23-,24+/m1/s1. The van der Waals surface area contributed by atoms with Crippen LogP contribution in [0.2, 0.25) is 0 Å². The summed E-state index contributed by atoms with van der Waals surface area (Å²) < 4.78 is 5.41. The Kier molecular flexibility index (Phi) is 11.2. The minimum atomic E-state index is -1.20. The maximum absolute atomic E-state index is 13.4. The number of benzene rings is 1. The molecular formula is C29H45N5O6. The Morgan fingerprint density at radius 2 is 1.55 bits per heavy atom. The van der Waals surface area contributed by atoms with Gasteiger partial charge in [-0.05, 0) is 57.7 Å². The summed E-state index contributed by atoms with van der Waals surface area (Å²) in [7, 11) is 2.01. The summed E-state index contributed by atoms with van der Waals surface area (Å²) in [5.74, 6) is -0.466. The third-order valence-electron chi connectivity index (χ3n) is 7.42. The quantitative estimate of drug-likeness (QED) is 0.365. The van der Waals surface area contributed by atoms with Gasteiger partial charge in [-0.15, -0.1) is 0 Å². The van der Waals surface area contributed by atoms with E-state index in [4.69, 9.17) is 4.74 Å². The van der Waals surface area contributed by atoms with Gasteiger partial charge in [0.05, 0.1) is 0 Å². The molecule has 1 aliphatic heterocycles. The van der Waals surface area contributed by atoms with Crippen LogP contribution in [0.4, 0.5) is 9.59 Å². The molecular weight excluding hydrogens is 514 g/mol. The topological polar surface area (TPSA) is 140 Å². The molecule has 4 amide bonds. The van der Waals surface area contributed by atoms with Gasteiger partial charge in [0.2, 0.25) is 11.8 Å². The lowest BCUT2D eigenvalue weighted by atomic mass is 9.83. The zero-order valence-corrected chi connectivity index (χ0v) is 24.2. The zero-order chi connectivity index (χ0) is 29.3. The molecule has 1 saturated heterocycles. The van der Waals surface area contributed by atoms with Gasteiger partial charge in [-0.3, -0.25) is 9.59 Å². The molecule has 3 rings (SSSR count). The van der Waals surface area contributed by atoms with Crippen molar-refractivity contribution >= 4 is 24.0 Å². The van der Waals surface area contributed by atoms with E-state index in [2.05, 4.69) is 20.9 Å². The summed E-state index contributed by atoms with van der Waals surface area (Å²) >= 11 is 0. The second-order valence-electron chi connectivity index (χ2n) is 11.9. The second-order valence-corrected chi connectivity index (χ2v) is 11.9. The van der Waals surface area contributed by atoms with E-state index in [1.807, 2.05) is 31.3 Å². The normalized spacial score (nSPS) is 18.4. The predicted molar refractivity (Wildman–Crippen MR) is 151 cm³/mol. The first kappa shape index (κ1) is 31.2. The van der Waals surface area contributed by atoms with Crippen molar-refractivity contribution in [3.63, 3.8) is 0 Å². The number of carbonyl (C=O) groups excluding carboxylic acids is 3. The highest BCUT2D eigenvalue weighted by Gasteiger charge is 2.31. The monoisotopic (exact) mass is 559 g/mol. The first-order valence-corrected chi connectivity index (χ1v) is 14.2. The van der Waals surface area contributed by atoms with Crippen molar-refractivity contribution < 1.29 is 29.0 Å². The molecule has 1 aromatic carbocycles. The molecule has 2 aliphatic rings. The molecule has 0 spiro atoms. The van der Waals surface area contributed by atoms with Gasteiger partial charge in [-0.25, -0.2) is 9.59 Å². The largest absolute Gasteiger partial charge is 0.465 e. The lowest BCUT2D eigenvalue weighted by Crippen LogP contribution is -2.55. The van der Waals surface area contributed by atoms with Crippen LogP contribution in [0, 0.1) is 5.92 Å². The third-order valence-corrected chi connectivity index (χ3v) is 7.42. The number of ether oxygens (including phenoxy) is 1. The molecule has 0 aromatic heterocycles. The van der Waals surface area contributed by atoms with Crippen molar-refractivity contribution in [3.05, 3.63) is 35.4 Å². The minimum absolute atomic E-state index is 0.000488. The number of piperazine rings is 1. The predicted octanol–water partition coefficient (Wildman–Crippen LogP) is 2.73. The molecule has 0 radical (unpaired) electrons. The van der Waals surface area contributed by atoms with E-state index in [9.17, 15) is 24.3 Å². The lowest BCUT2D eigenvalue weighted by molar-refractivity contribution is -0.135. The van der Waals surface area contributed by atoms with Crippen LogP contribution >= 0.6 is 0 Å². The van der Waals surface area contributed by atoms with Crippen LogP contribution in [0.3, 0.4) is 0 Å². The third kappa shape index (κ3) is 10.0. The maximum Gasteiger partial charge on any atom is 0.408 e. The van der Waals surface area contributed by atoms with Gasteiger partial charge in [-0.1, -0.05) is 43.5 Å². The number of carbonyl (C=O) groups is 4. The summed E-state index contributed by atoms with van der Waals surface area (Å²) in [6.45, 7) is 8.31. The van der Waals surface area contributed by atoms with Crippen molar-refractivity contribution in [2.75, 3.05) is 33.2 Å². The van der Waals surface area contributed by atoms with Crippen molar-refractivity contribution in [1.82, 2.24) is 25.8 Å². The van der Waals surface area contributed by atoms with E-state index in [-0.39, 0.29) is 24.3 Å². The second kappa shape index (κ2) is 14.3. The van der Waals surface area contributed by atoms with Crippen LogP contribution in [-0.4, -0.2) is 89.8 Å². The number of alkyl carbamates (subject to hydrolysis) is 1. The molecule has 4 N–H and O–H groups in total. The zero-order valence-electron chi connectivity index (χ0n) is 24.2. The van der Waals surface area contributed by atoms with Crippen molar-refractivity contribution in [2.45, 2.75) is 83.5 Å². The SMILES string of the molecule is CN1CCN(C(=O)[C@@H](Cc2ccc(CNC(=O)[C@@H](NC(=O)O)C3CCCCC3)cc2)NC(=O)OC(C)(C)C)CC1. The number of rotatable bonds is 9. The van der Waals surface area contributed by atoms with Crippen LogP contribution in [0.5, 0.6) is 0 Å². The van der Waals surface area contributed by atoms with E-state index >= 15 is 0 Å². The fourth-order valence-electron chi connectivity index (χ4n) is 5.22. The van der Waals surface area contributed by atoms with E-state index in [0.29, 0.717) is 19.5 Å². The molecule has 40 heavy (non-hydrogen) atoms. The lowest BCUT2D eigenvalue weighted by Gasteiger charge is -2.35. The summed E-state index contributed by atoms with van der Waals surface area (Å²) in [5, 5.41) is 17.3. The Labute approximate surface area is 237 Å². The molecule has 1 aliphatic carbocycles. The summed E-state index contributed by atoms with van der Waals surface area (Å²) in [6, 6.07) is 5.92. The van der Waals surface area contributed by atoms with Crippen LogP contribution in [-0.2, 0) is 27.3 Å². The van der Waals surface area contributed by atoms with Gasteiger partial charge in [0.15, 0.2) is 0 Å². The van der Waals surface area contributed by atoms with Crippen molar-refractivity contribution in [1.29, 1.82) is 0 Å². The highest BCUT2D eigenvalue weighted by molar-refractivity contribution is 5.86. The molecule has 1 aromatic rings. The first-order valence-electron chi connectivity index (χ1n) is 14.2. The number of nitrogens with one attached hydrogen (secondary N) is 3. The van der Waals surface area contributed by atoms with E-state index in [1.54, 1.807) is 25.7 Å². The molecule has 11 heteroatoms. The van der Waals surface area contributed by atoms with Crippen LogP contribution in [0.25, 0.3) is 0 Å². The number of hydrogen-bond donors (Lipinski definition) is 4. The Bertz CT molecular complexity index is 1010. The number of likely N-dealkylation sites (N-methyl/N-ethyl adjacent to an activating group) is 1. The van der Waals surface area contributed by atoms with Crippen LogP contribution in [0.15, 0.2) is 24.3 Å². The van der Waals surface area contributed by atoms with Gasteiger partial charge in [-0.2, -0.15) is 0 Å². The van der Waals surface area contributed by atoms with E-state index in [0.717, 1.165) is 56.3 Å². The molecule has 2 fully saturated rings. The Morgan fingerprint density at radius 3 is 2.12 bits per heavy atom. The van der Waals surface area contributed by atoms with Gasteiger partial charge < -0.3 is 35.6 Å². The summed E-state index contributed by atoms with van der Waals surface area (Å²) in [5.41, 5.74) is 1.01. The average Bonchev–Trinajstić information content (AvgIpc) is 2.90. The molecule has 1 saturated carbocycles. The van der Waals surface area contributed by atoms with Crippen molar-refractivity contribution in [3.8, 4) is 0 Å². The van der Waals surface area contributed by atoms with Gasteiger partial charge >= 0.3 is 12.2 Å². The van der Waals surface area contributed by atoms with Gasteiger partial charge in [0, 0.05) is 39.1 Å². The smallest absolute Gasteiger partial charge is 0.408 e. The minimum Gasteiger partial charge on any atom is -0.465 e. The Morgan fingerprint density at radius 1 is 0.950 bits per heavy atom. The van der Waals surface area contributed by atoms with Crippen LogP contribution < -0.4 is 16.0 Å². The number of amides is 4. The van der Waals surface area contributed by atoms with Gasteiger partial charge in [0.25, 0.3) is 0 Å². The Hall–Kier alpha value is -3.34. The van der Waals surface area contributed by atoms with Crippen molar-refractivity contribution in [2.24, 2.45) is 5.92 Å². The molecule has 11 nitrogen and oxygen atoms in total. The number of hydrogen-bond acceptors (Lipinski definition) is 6.